The van der Waals surface area contributed by atoms with Crippen LogP contribution in [0.15, 0.2) is 18.3 Å². The Morgan fingerprint density at radius 1 is 1.50 bits per heavy atom. The van der Waals surface area contributed by atoms with E-state index in [4.69, 9.17) is 16.7 Å². The molecule has 88 valence electrons. The van der Waals surface area contributed by atoms with Gasteiger partial charge in [-0.3, -0.25) is 9.88 Å². The zero-order valence-corrected chi connectivity index (χ0v) is 10.0. The molecule has 0 aromatic carbocycles. The van der Waals surface area contributed by atoms with Crippen LogP contribution in [0.5, 0.6) is 0 Å². The van der Waals surface area contributed by atoms with Crippen LogP contribution in [0.3, 0.4) is 0 Å². The molecule has 1 saturated heterocycles. The molecule has 1 unspecified atom stereocenters. The van der Waals surface area contributed by atoms with E-state index in [0.29, 0.717) is 17.5 Å². The third-order valence-corrected chi connectivity index (χ3v) is 3.26. The van der Waals surface area contributed by atoms with Crippen molar-refractivity contribution in [3.8, 4) is 0 Å². The first kappa shape index (κ1) is 11.8. The van der Waals surface area contributed by atoms with Crippen molar-refractivity contribution < 1.29 is 5.11 Å². The van der Waals surface area contributed by atoms with Crippen molar-refractivity contribution in [3.63, 3.8) is 0 Å². The molecule has 1 aromatic heterocycles. The molecule has 2 rings (SSSR count). The highest BCUT2D eigenvalue weighted by atomic mass is 35.5. The van der Waals surface area contributed by atoms with Crippen LogP contribution in [-0.4, -0.2) is 34.7 Å². The van der Waals surface area contributed by atoms with Crippen LogP contribution in [0.4, 0.5) is 0 Å². The van der Waals surface area contributed by atoms with Crippen LogP contribution in [0.25, 0.3) is 0 Å². The smallest absolute Gasteiger partial charge is 0.0589 e. The third kappa shape index (κ3) is 3.17. The first-order valence-corrected chi connectivity index (χ1v) is 6.09. The van der Waals surface area contributed by atoms with E-state index in [1.165, 1.54) is 6.42 Å². The number of pyridine rings is 1. The van der Waals surface area contributed by atoms with Crippen molar-refractivity contribution in [2.75, 3.05) is 19.7 Å². The van der Waals surface area contributed by atoms with Crippen LogP contribution >= 0.6 is 11.6 Å². The highest BCUT2D eigenvalue weighted by molar-refractivity contribution is 6.30. The van der Waals surface area contributed by atoms with Gasteiger partial charge in [0, 0.05) is 25.9 Å². The minimum Gasteiger partial charge on any atom is -0.396 e. The molecule has 4 heteroatoms. The Bertz CT molecular complexity index is 328. The van der Waals surface area contributed by atoms with Crippen LogP contribution in [0.1, 0.15) is 18.5 Å². The lowest BCUT2D eigenvalue weighted by molar-refractivity contribution is 0.115. The van der Waals surface area contributed by atoms with Gasteiger partial charge in [-0.05, 0) is 37.4 Å². The van der Waals surface area contributed by atoms with E-state index in [1.807, 2.05) is 12.1 Å². The number of piperidine rings is 1. The lowest BCUT2D eigenvalue weighted by atomic mass is 9.99. The molecular weight excluding hydrogens is 224 g/mol. The van der Waals surface area contributed by atoms with Gasteiger partial charge in [-0.2, -0.15) is 0 Å². The summed E-state index contributed by atoms with van der Waals surface area (Å²) in [7, 11) is 0. The van der Waals surface area contributed by atoms with Crippen LogP contribution < -0.4 is 0 Å². The van der Waals surface area contributed by atoms with Crippen molar-refractivity contribution in [2.45, 2.75) is 19.4 Å². The zero-order chi connectivity index (χ0) is 11.4. The second kappa shape index (κ2) is 5.62. The molecule has 1 aliphatic heterocycles. The topological polar surface area (TPSA) is 36.4 Å². The second-order valence-electron chi connectivity index (χ2n) is 4.39. The number of hydrogen-bond donors (Lipinski definition) is 1. The maximum absolute atomic E-state index is 9.15. The molecular formula is C12H17ClN2O. The number of halogens is 1. The molecule has 2 heterocycles. The molecule has 1 aliphatic rings. The van der Waals surface area contributed by atoms with Gasteiger partial charge >= 0.3 is 0 Å². The van der Waals surface area contributed by atoms with E-state index in [0.717, 1.165) is 31.7 Å². The SMILES string of the molecule is OCC1CCCN(Cc2ccc(Cl)cn2)C1. The molecule has 1 atom stereocenters. The fourth-order valence-electron chi connectivity index (χ4n) is 2.17. The highest BCUT2D eigenvalue weighted by Gasteiger charge is 2.19. The monoisotopic (exact) mass is 240 g/mol. The Hall–Kier alpha value is -0.640. The summed E-state index contributed by atoms with van der Waals surface area (Å²) in [6, 6.07) is 3.84. The average molecular weight is 241 g/mol. The van der Waals surface area contributed by atoms with E-state index >= 15 is 0 Å². The normalized spacial score (nSPS) is 22.2. The summed E-state index contributed by atoms with van der Waals surface area (Å²) in [5.74, 6) is 0.432. The number of hydrogen-bond acceptors (Lipinski definition) is 3. The molecule has 16 heavy (non-hydrogen) atoms. The molecule has 0 amide bonds. The van der Waals surface area contributed by atoms with E-state index in [1.54, 1.807) is 6.20 Å². The van der Waals surface area contributed by atoms with Gasteiger partial charge in [0.25, 0.3) is 0 Å². The predicted octanol–water partition coefficient (Wildman–Crippen LogP) is 1.94. The molecule has 1 fully saturated rings. The quantitative estimate of drug-likeness (QED) is 0.877. The standard InChI is InChI=1S/C12H17ClN2O/c13-11-3-4-12(14-6-11)8-15-5-1-2-10(7-15)9-16/h3-4,6,10,16H,1-2,5,7-9H2. The number of nitrogens with zero attached hydrogens (tertiary/aromatic N) is 2. The van der Waals surface area contributed by atoms with Gasteiger partial charge in [-0.1, -0.05) is 11.6 Å². The predicted molar refractivity (Wildman–Crippen MR) is 64.3 cm³/mol. The summed E-state index contributed by atoms with van der Waals surface area (Å²) < 4.78 is 0. The number of aliphatic hydroxyl groups excluding tert-OH is 1. The number of aliphatic hydroxyl groups is 1. The summed E-state index contributed by atoms with van der Waals surface area (Å²) in [5, 5.41) is 9.83. The fourth-order valence-corrected chi connectivity index (χ4v) is 2.28. The minimum atomic E-state index is 0.296. The summed E-state index contributed by atoms with van der Waals surface area (Å²) in [5.41, 5.74) is 1.04. The minimum absolute atomic E-state index is 0.296. The van der Waals surface area contributed by atoms with E-state index < -0.39 is 0 Å². The molecule has 3 nitrogen and oxygen atoms in total. The van der Waals surface area contributed by atoms with Gasteiger partial charge in [0.1, 0.15) is 0 Å². The maximum atomic E-state index is 9.15. The highest BCUT2D eigenvalue weighted by Crippen LogP contribution is 2.17. The molecule has 0 spiro atoms. The Balaban J connectivity index is 1.91. The zero-order valence-electron chi connectivity index (χ0n) is 9.27. The Morgan fingerprint density at radius 2 is 2.38 bits per heavy atom. The summed E-state index contributed by atoms with van der Waals surface area (Å²) >= 11 is 5.79. The number of likely N-dealkylation sites (tertiary alicyclic amines) is 1. The van der Waals surface area contributed by atoms with Gasteiger partial charge in [0.2, 0.25) is 0 Å². The Labute approximate surface area is 101 Å². The Morgan fingerprint density at radius 3 is 3.06 bits per heavy atom. The van der Waals surface area contributed by atoms with Crippen LogP contribution in [0, 0.1) is 5.92 Å². The summed E-state index contributed by atoms with van der Waals surface area (Å²) in [6.45, 7) is 3.22. The molecule has 0 radical (unpaired) electrons. The van der Waals surface area contributed by atoms with E-state index in [-0.39, 0.29) is 0 Å². The van der Waals surface area contributed by atoms with E-state index in [2.05, 4.69) is 9.88 Å². The average Bonchev–Trinajstić information content (AvgIpc) is 2.32. The van der Waals surface area contributed by atoms with Crippen molar-refractivity contribution in [1.82, 2.24) is 9.88 Å². The van der Waals surface area contributed by atoms with Crippen molar-refractivity contribution in [1.29, 1.82) is 0 Å². The molecule has 0 bridgehead atoms. The molecule has 0 aliphatic carbocycles. The van der Waals surface area contributed by atoms with Gasteiger partial charge < -0.3 is 5.11 Å². The van der Waals surface area contributed by atoms with Gasteiger partial charge in [-0.15, -0.1) is 0 Å². The number of rotatable bonds is 3. The summed E-state index contributed by atoms with van der Waals surface area (Å²) in [6.07, 6.45) is 3.99. The maximum Gasteiger partial charge on any atom is 0.0589 e. The first-order valence-electron chi connectivity index (χ1n) is 5.71. The van der Waals surface area contributed by atoms with Crippen LogP contribution in [0.2, 0.25) is 5.02 Å². The Kier molecular flexibility index (Phi) is 4.16. The van der Waals surface area contributed by atoms with Crippen molar-refractivity contribution in [3.05, 3.63) is 29.0 Å². The first-order chi connectivity index (χ1) is 7.78. The van der Waals surface area contributed by atoms with Crippen molar-refractivity contribution >= 4 is 11.6 Å². The van der Waals surface area contributed by atoms with Gasteiger partial charge in [0.15, 0.2) is 0 Å². The van der Waals surface area contributed by atoms with Gasteiger partial charge in [-0.25, -0.2) is 0 Å². The largest absolute Gasteiger partial charge is 0.396 e. The second-order valence-corrected chi connectivity index (χ2v) is 4.83. The molecule has 1 aromatic rings. The van der Waals surface area contributed by atoms with Crippen LogP contribution in [-0.2, 0) is 6.54 Å². The van der Waals surface area contributed by atoms with Crippen molar-refractivity contribution in [2.24, 2.45) is 5.92 Å². The van der Waals surface area contributed by atoms with Gasteiger partial charge in [0.05, 0.1) is 10.7 Å². The third-order valence-electron chi connectivity index (χ3n) is 3.04. The fraction of sp³-hybridized carbons (Fsp3) is 0.583. The lowest BCUT2D eigenvalue weighted by Crippen LogP contribution is -2.36. The lowest BCUT2D eigenvalue weighted by Gasteiger charge is -2.31. The molecule has 0 saturated carbocycles. The summed E-state index contributed by atoms with van der Waals surface area (Å²) in [4.78, 5) is 6.63. The van der Waals surface area contributed by atoms with E-state index in [9.17, 15) is 0 Å². The number of aromatic nitrogens is 1. The molecule has 1 N–H and O–H groups in total.